The molecule has 0 amide bonds. The average molecular weight is 196 g/mol. The first kappa shape index (κ1) is 10.5. The SMILES string of the molecule is COc1ccc(C(CN)C(=O)O)nc1. The van der Waals surface area contributed by atoms with Gasteiger partial charge in [-0.15, -0.1) is 0 Å². The first-order valence-corrected chi connectivity index (χ1v) is 4.12. The van der Waals surface area contributed by atoms with Crippen molar-refractivity contribution in [3.8, 4) is 5.75 Å². The second-order valence-electron chi connectivity index (χ2n) is 2.75. The van der Waals surface area contributed by atoms with Crippen molar-refractivity contribution in [3.63, 3.8) is 0 Å². The van der Waals surface area contributed by atoms with Crippen molar-refractivity contribution < 1.29 is 14.6 Å². The van der Waals surface area contributed by atoms with Crippen LogP contribution in [0.15, 0.2) is 18.3 Å². The lowest BCUT2D eigenvalue weighted by atomic mass is 10.1. The molecule has 1 atom stereocenters. The Bertz CT molecular complexity index is 310. The summed E-state index contributed by atoms with van der Waals surface area (Å²) in [5.41, 5.74) is 5.77. The molecule has 0 fully saturated rings. The summed E-state index contributed by atoms with van der Waals surface area (Å²) in [7, 11) is 1.52. The van der Waals surface area contributed by atoms with E-state index in [0.29, 0.717) is 11.4 Å². The maximum absolute atomic E-state index is 10.7. The van der Waals surface area contributed by atoms with E-state index in [1.165, 1.54) is 13.3 Å². The predicted octanol–water partition coefficient (Wildman–Crippen LogP) is 0.217. The lowest BCUT2D eigenvalue weighted by molar-refractivity contribution is -0.138. The summed E-state index contributed by atoms with van der Waals surface area (Å²) in [5, 5.41) is 8.80. The number of rotatable bonds is 4. The fourth-order valence-electron chi connectivity index (χ4n) is 1.07. The van der Waals surface area contributed by atoms with Crippen LogP contribution in [0.25, 0.3) is 0 Å². The van der Waals surface area contributed by atoms with E-state index >= 15 is 0 Å². The number of pyridine rings is 1. The minimum absolute atomic E-state index is 0.0364. The number of nitrogens with zero attached hydrogens (tertiary/aromatic N) is 1. The van der Waals surface area contributed by atoms with Crippen molar-refractivity contribution >= 4 is 5.97 Å². The average Bonchev–Trinajstić information content (AvgIpc) is 2.19. The van der Waals surface area contributed by atoms with Gasteiger partial charge in [0.15, 0.2) is 0 Å². The first-order valence-electron chi connectivity index (χ1n) is 4.12. The van der Waals surface area contributed by atoms with Crippen LogP contribution < -0.4 is 10.5 Å². The van der Waals surface area contributed by atoms with E-state index in [4.69, 9.17) is 15.6 Å². The normalized spacial score (nSPS) is 12.1. The van der Waals surface area contributed by atoms with Crippen LogP contribution in [0.1, 0.15) is 11.6 Å². The zero-order chi connectivity index (χ0) is 10.6. The van der Waals surface area contributed by atoms with Crippen LogP contribution in [0, 0.1) is 0 Å². The highest BCUT2D eigenvalue weighted by Crippen LogP contribution is 2.15. The van der Waals surface area contributed by atoms with E-state index in [1.807, 2.05) is 0 Å². The number of nitrogens with two attached hydrogens (primary N) is 1. The zero-order valence-electron chi connectivity index (χ0n) is 7.80. The van der Waals surface area contributed by atoms with Crippen molar-refractivity contribution in [3.05, 3.63) is 24.0 Å². The van der Waals surface area contributed by atoms with Crippen molar-refractivity contribution in [1.29, 1.82) is 0 Å². The Morgan fingerprint density at radius 3 is 2.79 bits per heavy atom. The quantitative estimate of drug-likeness (QED) is 0.719. The van der Waals surface area contributed by atoms with Crippen LogP contribution in [-0.2, 0) is 4.79 Å². The molecule has 0 saturated carbocycles. The summed E-state index contributed by atoms with van der Waals surface area (Å²) in [6.07, 6.45) is 1.47. The van der Waals surface area contributed by atoms with Crippen molar-refractivity contribution in [1.82, 2.24) is 4.98 Å². The number of ether oxygens (including phenoxy) is 1. The van der Waals surface area contributed by atoms with E-state index in [1.54, 1.807) is 12.1 Å². The van der Waals surface area contributed by atoms with E-state index in [9.17, 15) is 4.79 Å². The molecule has 0 aromatic carbocycles. The van der Waals surface area contributed by atoms with Gasteiger partial charge in [-0.25, -0.2) is 0 Å². The molecule has 1 rings (SSSR count). The van der Waals surface area contributed by atoms with E-state index < -0.39 is 11.9 Å². The second-order valence-corrected chi connectivity index (χ2v) is 2.75. The summed E-state index contributed by atoms with van der Waals surface area (Å²) in [5.74, 6) is -1.12. The number of aliphatic carboxylic acids is 1. The van der Waals surface area contributed by atoms with Crippen molar-refractivity contribution in [2.24, 2.45) is 5.73 Å². The second kappa shape index (κ2) is 4.57. The lowest BCUT2D eigenvalue weighted by Gasteiger charge is -2.08. The van der Waals surface area contributed by atoms with E-state index in [0.717, 1.165) is 0 Å². The Kier molecular flexibility index (Phi) is 3.41. The van der Waals surface area contributed by atoms with Gasteiger partial charge in [-0.2, -0.15) is 0 Å². The molecule has 5 heteroatoms. The maximum atomic E-state index is 10.7. The number of methoxy groups -OCH3 is 1. The molecular formula is C9H12N2O3. The van der Waals surface area contributed by atoms with Gasteiger partial charge in [0.25, 0.3) is 0 Å². The maximum Gasteiger partial charge on any atom is 0.313 e. The van der Waals surface area contributed by atoms with Gasteiger partial charge < -0.3 is 15.6 Å². The molecular weight excluding hydrogens is 184 g/mol. The molecule has 0 spiro atoms. The lowest BCUT2D eigenvalue weighted by Crippen LogP contribution is -2.21. The molecule has 1 heterocycles. The molecule has 0 radical (unpaired) electrons. The van der Waals surface area contributed by atoms with Crippen LogP contribution in [0.5, 0.6) is 5.75 Å². The minimum atomic E-state index is -0.967. The molecule has 5 nitrogen and oxygen atoms in total. The first-order chi connectivity index (χ1) is 6.69. The van der Waals surface area contributed by atoms with Crippen LogP contribution in [0.2, 0.25) is 0 Å². The number of carboxylic acids is 1. The van der Waals surface area contributed by atoms with Gasteiger partial charge in [-0.05, 0) is 12.1 Å². The molecule has 0 aliphatic rings. The Balaban J connectivity index is 2.89. The molecule has 0 aliphatic carbocycles. The van der Waals surface area contributed by atoms with Gasteiger partial charge in [0.05, 0.1) is 19.0 Å². The number of aromatic nitrogens is 1. The van der Waals surface area contributed by atoms with Crippen LogP contribution in [0.3, 0.4) is 0 Å². The highest BCUT2D eigenvalue weighted by molar-refractivity contribution is 5.75. The Morgan fingerprint density at radius 2 is 2.43 bits per heavy atom. The largest absolute Gasteiger partial charge is 0.495 e. The monoisotopic (exact) mass is 196 g/mol. The standard InChI is InChI=1S/C9H12N2O3/c1-14-6-2-3-8(11-5-6)7(4-10)9(12)13/h2-3,5,7H,4,10H2,1H3,(H,12,13). The third kappa shape index (κ3) is 2.20. The number of carboxylic acid groups (broad SMARTS) is 1. The number of carbonyl (C=O) groups is 1. The Morgan fingerprint density at radius 1 is 1.71 bits per heavy atom. The molecule has 14 heavy (non-hydrogen) atoms. The smallest absolute Gasteiger partial charge is 0.313 e. The molecule has 1 aromatic rings. The minimum Gasteiger partial charge on any atom is -0.495 e. The molecule has 0 bridgehead atoms. The topological polar surface area (TPSA) is 85.4 Å². The fraction of sp³-hybridized carbons (Fsp3) is 0.333. The van der Waals surface area contributed by atoms with Crippen LogP contribution in [0.4, 0.5) is 0 Å². The van der Waals surface area contributed by atoms with Gasteiger partial charge in [0, 0.05) is 6.54 Å². The van der Waals surface area contributed by atoms with E-state index in [2.05, 4.69) is 4.98 Å². The third-order valence-corrected chi connectivity index (χ3v) is 1.89. The molecule has 0 saturated heterocycles. The van der Waals surface area contributed by atoms with Crippen LogP contribution in [-0.4, -0.2) is 29.7 Å². The molecule has 1 unspecified atom stereocenters. The fourth-order valence-corrected chi connectivity index (χ4v) is 1.07. The van der Waals surface area contributed by atoms with Gasteiger partial charge >= 0.3 is 5.97 Å². The molecule has 0 aliphatic heterocycles. The zero-order valence-corrected chi connectivity index (χ0v) is 7.80. The summed E-state index contributed by atoms with van der Waals surface area (Å²) < 4.78 is 4.90. The van der Waals surface area contributed by atoms with Crippen LogP contribution >= 0.6 is 0 Å². The third-order valence-electron chi connectivity index (χ3n) is 1.89. The van der Waals surface area contributed by atoms with Gasteiger partial charge in [-0.1, -0.05) is 0 Å². The van der Waals surface area contributed by atoms with Gasteiger partial charge in [-0.3, -0.25) is 9.78 Å². The van der Waals surface area contributed by atoms with Crippen molar-refractivity contribution in [2.45, 2.75) is 5.92 Å². The van der Waals surface area contributed by atoms with Crippen molar-refractivity contribution in [2.75, 3.05) is 13.7 Å². The summed E-state index contributed by atoms with van der Waals surface area (Å²) in [6.45, 7) is 0.0364. The van der Waals surface area contributed by atoms with E-state index in [-0.39, 0.29) is 6.54 Å². The summed E-state index contributed by atoms with van der Waals surface area (Å²) in [4.78, 5) is 14.7. The highest BCUT2D eigenvalue weighted by Gasteiger charge is 2.18. The summed E-state index contributed by atoms with van der Waals surface area (Å²) >= 11 is 0. The molecule has 76 valence electrons. The number of hydrogen-bond donors (Lipinski definition) is 2. The highest BCUT2D eigenvalue weighted by atomic mass is 16.5. The number of hydrogen-bond acceptors (Lipinski definition) is 4. The Hall–Kier alpha value is -1.62. The molecule has 1 aromatic heterocycles. The Labute approximate surface area is 81.5 Å². The van der Waals surface area contributed by atoms with Gasteiger partial charge in [0.1, 0.15) is 11.7 Å². The van der Waals surface area contributed by atoms with Gasteiger partial charge in [0.2, 0.25) is 0 Å². The summed E-state index contributed by atoms with van der Waals surface area (Å²) in [6, 6.07) is 3.26. The predicted molar refractivity (Wildman–Crippen MR) is 50.2 cm³/mol. The molecule has 3 N–H and O–H groups in total.